The Labute approximate surface area is 158 Å². The number of likely N-dealkylation sites (tertiary alicyclic amines) is 2. The molecule has 0 bridgehead atoms. The molecule has 1 N–H and O–H groups in total. The molecule has 0 aliphatic carbocycles. The van der Waals surface area contributed by atoms with Crippen LogP contribution in [-0.4, -0.2) is 66.6 Å². The van der Waals surface area contributed by atoms with Crippen LogP contribution in [0.25, 0.3) is 0 Å². The lowest BCUT2D eigenvalue weighted by molar-refractivity contribution is -0.139. The van der Waals surface area contributed by atoms with Crippen molar-refractivity contribution in [2.24, 2.45) is 5.41 Å². The molecule has 2 aliphatic heterocycles. The predicted molar refractivity (Wildman–Crippen MR) is 99.2 cm³/mol. The lowest BCUT2D eigenvalue weighted by Crippen LogP contribution is -2.56. The minimum atomic E-state index is -0.131. The molecular formula is C18H25ClN4O3. The third-order valence-electron chi connectivity index (χ3n) is 5.24. The van der Waals surface area contributed by atoms with E-state index in [4.69, 9.17) is 16.3 Å². The van der Waals surface area contributed by atoms with Crippen LogP contribution < -0.4 is 5.32 Å². The van der Waals surface area contributed by atoms with Crippen molar-refractivity contribution in [1.82, 2.24) is 14.8 Å². The quantitative estimate of drug-likeness (QED) is 0.815. The third-order valence-corrected chi connectivity index (χ3v) is 5.46. The van der Waals surface area contributed by atoms with E-state index in [1.54, 1.807) is 25.4 Å². The molecule has 8 heteroatoms. The molecule has 2 fully saturated rings. The molecule has 3 amide bonds. The molecule has 0 aromatic carbocycles. The Morgan fingerprint density at radius 1 is 1.38 bits per heavy atom. The second-order valence-corrected chi connectivity index (χ2v) is 7.52. The van der Waals surface area contributed by atoms with Crippen molar-refractivity contribution in [2.45, 2.75) is 25.7 Å². The van der Waals surface area contributed by atoms with Gasteiger partial charge in [-0.3, -0.25) is 4.79 Å². The van der Waals surface area contributed by atoms with Crippen LogP contribution in [0.1, 0.15) is 25.7 Å². The Hall–Kier alpha value is -1.86. The van der Waals surface area contributed by atoms with Gasteiger partial charge in [0.15, 0.2) is 0 Å². The van der Waals surface area contributed by atoms with Crippen LogP contribution in [0.3, 0.4) is 0 Å². The molecule has 1 aromatic heterocycles. The molecule has 2 saturated heterocycles. The average molecular weight is 381 g/mol. The van der Waals surface area contributed by atoms with E-state index in [2.05, 4.69) is 10.3 Å². The number of nitrogens with one attached hydrogen (secondary N) is 1. The molecule has 3 heterocycles. The number of aromatic nitrogens is 1. The standard InChI is InChI=1S/C18H25ClN4O3/c1-26-10-9-22-12-18(7-5-16(22)24)6-2-8-23(13-18)17(25)21-14-3-4-15(19)20-11-14/h3-4,11H,2,5-10,12-13H2,1H3,(H,21,25)/t18-/m0/s1. The number of rotatable bonds is 4. The van der Waals surface area contributed by atoms with Crippen LogP contribution in [0.15, 0.2) is 18.3 Å². The fourth-order valence-corrected chi connectivity index (χ4v) is 3.99. The van der Waals surface area contributed by atoms with Gasteiger partial charge in [-0.2, -0.15) is 0 Å². The summed E-state index contributed by atoms with van der Waals surface area (Å²) in [6, 6.07) is 3.25. The molecule has 1 atom stereocenters. The number of pyridine rings is 1. The van der Waals surface area contributed by atoms with Crippen molar-refractivity contribution in [3.05, 3.63) is 23.5 Å². The maximum Gasteiger partial charge on any atom is 0.321 e. The molecule has 26 heavy (non-hydrogen) atoms. The van der Waals surface area contributed by atoms with Gasteiger partial charge in [0.1, 0.15) is 5.15 Å². The van der Waals surface area contributed by atoms with Gasteiger partial charge in [0.2, 0.25) is 5.91 Å². The number of hydrogen-bond acceptors (Lipinski definition) is 4. The van der Waals surface area contributed by atoms with Gasteiger partial charge >= 0.3 is 6.03 Å². The lowest BCUT2D eigenvalue weighted by Gasteiger charge is -2.48. The van der Waals surface area contributed by atoms with Gasteiger partial charge in [-0.05, 0) is 31.4 Å². The molecule has 7 nitrogen and oxygen atoms in total. The monoisotopic (exact) mass is 380 g/mol. The van der Waals surface area contributed by atoms with Crippen LogP contribution in [-0.2, 0) is 9.53 Å². The summed E-state index contributed by atoms with van der Waals surface area (Å²) in [5.41, 5.74) is 0.606. The van der Waals surface area contributed by atoms with Gasteiger partial charge in [0.25, 0.3) is 0 Å². The molecular weight excluding hydrogens is 356 g/mol. The zero-order chi connectivity index (χ0) is 18.6. The average Bonchev–Trinajstić information content (AvgIpc) is 2.65. The molecule has 2 aliphatic rings. The van der Waals surface area contributed by atoms with Crippen molar-refractivity contribution >= 4 is 29.2 Å². The Kier molecular flexibility index (Phi) is 5.98. The van der Waals surface area contributed by atoms with Crippen LogP contribution in [0.2, 0.25) is 5.15 Å². The SMILES string of the molecule is COCCN1C[C@]2(CCCN(C(=O)Nc3ccc(Cl)nc3)C2)CCC1=O. The van der Waals surface area contributed by atoms with Crippen molar-refractivity contribution in [1.29, 1.82) is 0 Å². The highest BCUT2D eigenvalue weighted by molar-refractivity contribution is 6.29. The van der Waals surface area contributed by atoms with Crippen molar-refractivity contribution in [2.75, 3.05) is 45.2 Å². The first-order chi connectivity index (χ1) is 12.5. The van der Waals surface area contributed by atoms with Crippen molar-refractivity contribution in [3.8, 4) is 0 Å². The third kappa shape index (κ3) is 4.45. The van der Waals surface area contributed by atoms with Crippen molar-refractivity contribution < 1.29 is 14.3 Å². The van der Waals surface area contributed by atoms with Crippen LogP contribution >= 0.6 is 11.6 Å². The number of nitrogens with zero attached hydrogens (tertiary/aromatic N) is 3. The van der Waals surface area contributed by atoms with Crippen LogP contribution in [0, 0.1) is 5.41 Å². The highest BCUT2D eigenvalue weighted by Gasteiger charge is 2.42. The van der Waals surface area contributed by atoms with Crippen LogP contribution in [0.5, 0.6) is 0 Å². The number of carbonyl (C=O) groups excluding carboxylic acids is 2. The van der Waals surface area contributed by atoms with E-state index in [0.29, 0.717) is 43.5 Å². The summed E-state index contributed by atoms with van der Waals surface area (Å²) in [6.45, 7) is 3.23. The summed E-state index contributed by atoms with van der Waals surface area (Å²) >= 11 is 5.78. The molecule has 0 radical (unpaired) electrons. The smallest absolute Gasteiger partial charge is 0.321 e. The minimum Gasteiger partial charge on any atom is -0.383 e. The zero-order valence-electron chi connectivity index (χ0n) is 15.0. The first-order valence-electron chi connectivity index (χ1n) is 8.96. The summed E-state index contributed by atoms with van der Waals surface area (Å²) in [6.07, 6.45) is 4.90. The van der Waals surface area contributed by atoms with Crippen LogP contribution in [0.4, 0.5) is 10.5 Å². The summed E-state index contributed by atoms with van der Waals surface area (Å²) in [5, 5.41) is 3.27. The van der Waals surface area contributed by atoms with Gasteiger partial charge in [0.05, 0.1) is 18.5 Å². The number of carbonyl (C=O) groups is 2. The van der Waals surface area contributed by atoms with Gasteiger partial charge in [-0.1, -0.05) is 11.6 Å². The largest absolute Gasteiger partial charge is 0.383 e. The normalized spacial score (nSPS) is 23.4. The van der Waals surface area contributed by atoms with Gasteiger partial charge < -0.3 is 19.9 Å². The minimum absolute atomic E-state index is 0.0184. The van der Waals surface area contributed by atoms with Gasteiger partial charge in [-0.25, -0.2) is 9.78 Å². The van der Waals surface area contributed by atoms with E-state index in [1.807, 2.05) is 9.80 Å². The van der Waals surface area contributed by atoms with E-state index in [1.165, 1.54) is 0 Å². The van der Waals surface area contributed by atoms with Gasteiger partial charge in [0, 0.05) is 45.1 Å². The first kappa shape index (κ1) is 18.9. The summed E-state index contributed by atoms with van der Waals surface area (Å²) in [5.74, 6) is 0.182. The number of hydrogen-bond donors (Lipinski definition) is 1. The summed E-state index contributed by atoms with van der Waals surface area (Å²) in [7, 11) is 1.64. The maximum absolute atomic E-state index is 12.6. The van der Waals surface area contributed by atoms with E-state index in [-0.39, 0.29) is 17.4 Å². The fraction of sp³-hybridized carbons (Fsp3) is 0.611. The van der Waals surface area contributed by atoms with Gasteiger partial charge in [-0.15, -0.1) is 0 Å². The zero-order valence-corrected chi connectivity index (χ0v) is 15.8. The summed E-state index contributed by atoms with van der Waals surface area (Å²) in [4.78, 5) is 32.5. The number of amides is 3. The molecule has 142 valence electrons. The van der Waals surface area contributed by atoms with E-state index < -0.39 is 0 Å². The second kappa shape index (κ2) is 8.22. The number of anilines is 1. The number of piperidine rings is 2. The Morgan fingerprint density at radius 2 is 2.23 bits per heavy atom. The predicted octanol–water partition coefficient (Wildman–Crippen LogP) is 2.62. The van der Waals surface area contributed by atoms with E-state index in [9.17, 15) is 9.59 Å². The second-order valence-electron chi connectivity index (χ2n) is 7.13. The Morgan fingerprint density at radius 3 is 2.96 bits per heavy atom. The number of halogens is 1. The molecule has 1 spiro atoms. The topological polar surface area (TPSA) is 74.8 Å². The highest BCUT2D eigenvalue weighted by Crippen LogP contribution is 2.39. The molecule has 0 unspecified atom stereocenters. The lowest BCUT2D eigenvalue weighted by atomic mass is 9.73. The Balaban J connectivity index is 1.63. The highest BCUT2D eigenvalue weighted by atomic mass is 35.5. The first-order valence-corrected chi connectivity index (χ1v) is 9.33. The molecule has 1 aromatic rings. The van der Waals surface area contributed by atoms with E-state index in [0.717, 1.165) is 25.8 Å². The van der Waals surface area contributed by atoms with E-state index >= 15 is 0 Å². The Bertz CT molecular complexity index is 654. The molecule has 3 rings (SSSR count). The number of methoxy groups -OCH3 is 1. The number of ether oxygens (including phenoxy) is 1. The maximum atomic E-state index is 12.6. The number of urea groups is 1. The summed E-state index contributed by atoms with van der Waals surface area (Å²) < 4.78 is 5.12. The van der Waals surface area contributed by atoms with Crippen molar-refractivity contribution in [3.63, 3.8) is 0 Å². The molecule has 0 saturated carbocycles. The fourth-order valence-electron chi connectivity index (χ4n) is 3.87.